The molecule has 1 aliphatic heterocycles. The zero-order valence-corrected chi connectivity index (χ0v) is 20.7. The maximum absolute atomic E-state index is 13.8. The molecule has 0 spiro atoms. The van der Waals surface area contributed by atoms with E-state index >= 15 is 0 Å². The normalized spacial score (nSPS) is 15.4. The monoisotopic (exact) mass is 474 g/mol. The van der Waals surface area contributed by atoms with Crippen molar-refractivity contribution in [2.45, 2.75) is 53.2 Å². The van der Waals surface area contributed by atoms with Crippen LogP contribution in [0.25, 0.3) is 11.0 Å². The van der Waals surface area contributed by atoms with Crippen molar-refractivity contribution in [2.24, 2.45) is 0 Å². The van der Waals surface area contributed by atoms with Crippen LogP contribution in [0, 0.1) is 13.8 Å². The fourth-order valence-corrected chi connectivity index (χ4v) is 5.25. The number of thiazole rings is 1. The number of aromatic nitrogens is 1. The number of aryl methyl sites for hydroxylation is 3. The first-order valence-electron chi connectivity index (χ1n) is 11.4. The quantitative estimate of drug-likeness (QED) is 0.357. The molecule has 2 aromatic heterocycles. The first-order chi connectivity index (χ1) is 16.3. The van der Waals surface area contributed by atoms with Crippen molar-refractivity contribution < 1.29 is 13.9 Å². The third-order valence-corrected chi connectivity index (χ3v) is 7.21. The van der Waals surface area contributed by atoms with Crippen molar-refractivity contribution in [1.29, 1.82) is 0 Å². The van der Waals surface area contributed by atoms with E-state index in [4.69, 9.17) is 9.15 Å². The zero-order valence-electron chi connectivity index (χ0n) is 19.8. The van der Waals surface area contributed by atoms with Gasteiger partial charge in [-0.3, -0.25) is 14.5 Å². The van der Waals surface area contributed by atoms with E-state index in [-0.39, 0.29) is 23.2 Å². The fourth-order valence-electron chi connectivity index (χ4n) is 4.31. The Labute approximate surface area is 201 Å². The van der Waals surface area contributed by atoms with Crippen molar-refractivity contribution in [3.63, 3.8) is 0 Å². The summed E-state index contributed by atoms with van der Waals surface area (Å²) in [4.78, 5) is 34.7. The van der Waals surface area contributed by atoms with Gasteiger partial charge in [0.2, 0.25) is 5.76 Å². The standard InChI is InChI=1S/C27H26N2O4S/c1-6-17-7-12-21-20(13-17)24(30)22-23(18-8-10-19(11-9-18)32-14(2)3)29(26(31)25(22)33-21)27-28-15(4)16(5)34-27/h7-14,23H,6H2,1-5H3. The van der Waals surface area contributed by atoms with E-state index in [1.807, 2.05) is 71.0 Å². The number of hydrogen-bond donors (Lipinski definition) is 0. The van der Waals surface area contributed by atoms with Gasteiger partial charge in [0.15, 0.2) is 10.6 Å². The highest BCUT2D eigenvalue weighted by Gasteiger charge is 2.45. The molecule has 4 aromatic rings. The molecule has 3 heterocycles. The minimum atomic E-state index is -0.633. The van der Waals surface area contributed by atoms with Gasteiger partial charge in [0.05, 0.1) is 28.8 Å². The summed E-state index contributed by atoms with van der Waals surface area (Å²) in [5.41, 5.74) is 3.29. The average molecular weight is 475 g/mol. The molecular formula is C27H26N2O4S. The maximum atomic E-state index is 13.8. The van der Waals surface area contributed by atoms with E-state index in [1.54, 1.807) is 11.0 Å². The van der Waals surface area contributed by atoms with E-state index in [0.29, 0.717) is 21.7 Å². The first-order valence-corrected chi connectivity index (χ1v) is 12.2. The Bertz CT molecular complexity index is 1450. The lowest BCUT2D eigenvalue weighted by Crippen LogP contribution is -2.29. The van der Waals surface area contributed by atoms with E-state index < -0.39 is 6.04 Å². The van der Waals surface area contributed by atoms with Gasteiger partial charge in [0.1, 0.15) is 11.3 Å². The smallest absolute Gasteiger partial charge is 0.297 e. The van der Waals surface area contributed by atoms with Gasteiger partial charge in [0, 0.05) is 4.88 Å². The molecule has 0 fully saturated rings. The van der Waals surface area contributed by atoms with Crippen molar-refractivity contribution in [3.8, 4) is 5.75 Å². The third kappa shape index (κ3) is 3.60. The summed E-state index contributed by atoms with van der Waals surface area (Å²) in [5.74, 6) is 0.462. The Morgan fingerprint density at radius 2 is 1.85 bits per heavy atom. The summed E-state index contributed by atoms with van der Waals surface area (Å²) in [7, 11) is 0. The molecule has 34 heavy (non-hydrogen) atoms. The maximum Gasteiger partial charge on any atom is 0.297 e. The van der Waals surface area contributed by atoms with Crippen LogP contribution in [0.2, 0.25) is 0 Å². The Hall–Kier alpha value is -3.45. The van der Waals surface area contributed by atoms with Crippen molar-refractivity contribution >= 4 is 33.3 Å². The van der Waals surface area contributed by atoms with Crippen LogP contribution >= 0.6 is 11.3 Å². The zero-order chi connectivity index (χ0) is 24.1. The molecule has 0 saturated carbocycles. The van der Waals surface area contributed by atoms with E-state index in [9.17, 15) is 9.59 Å². The van der Waals surface area contributed by atoms with Gasteiger partial charge in [-0.25, -0.2) is 4.98 Å². The number of carbonyl (C=O) groups is 1. The number of benzene rings is 2. The minimum Gasteiger partial charge on any atom is -0.491 e. The third-order valence-electron chi connectivity index (χ3n) is 6.13. The number of anilines is 1. The number of nitrogens with zero attached hydrogens (tertiary/aromatic N) is 2. The highest BCUT2D eigenvalue weighted by atomic mass is 32.1. The Balaban J connectivity index is 1.74. The number of carbonyl (C=O) groups excluding carboxylic acids is 1. The second-order valence-electron chi connectivity index (χ2n) is 8.81. The Morgan fingerprint density at radius 1 is 1.12 bits per heavy atom. The van der Waals surface area contributed by atoms with E-state index in [2.05, 4.69) is 4.98 Å². The second-order valence-corrected chi connectivity index (χ2v) is 9.99. The van der Waals surface area contributed by atoms with Crippen LogP contribution in [-0.2, 0) is 6.42 Å². The second kappa shape index (κ2) is 8.40. The van der Waals surface area contributed by atoms with Crippen LogP contribution in [0.4, 0.5) is 5.13 Å². The van der Waals surface area contributed by atoms with Gasteiger partial charge < -0.3 is 9.15 Å². The molecule has 0 N–H and O–H groups in total. The molecule has 6 nitrogen and oxygen atoms in total. The molecule has 0 bridgehead atoms. The Morgan fingerprint density at radius 3 is 2.47 bits per heavy atom. The summed E-state index contributed by atoms with van der Waals surface area (Å²) in [6.45, 7) is 9.87. The molecule has 0 radical (unpaired) electrons. The van der Waals surface area contributed by atoms with Crippen molar-refractivity contribution in [2.75, 3.05) is 4.90 Å². The van der Waals surface area contributed by atoms with Gasteiger partial charge in [-0.05, 0) is 69.5 Å². The lowest BCUT2D eigenvalue weighted by Gasteiger charge is -2.23. The topological polar surface area (TPSA) is 72.6 Å². The summed E-state index contributed by atoms with van der Waals surface area (Å²) in [6, 6.07) is 12.5. The van der Waals surface area contributed by atoms with Gasteiger partial charge in [-0.1, -0.05) is 25.1 Å². The largest absolute Gasteiger partial charge is 0.491 e. The molecule has 1 unspecified atom stereocenters. The molecule has 5 rings (SSSR count). The summed E-state index contributed by atoms with van der Waals surface area (Å²) < 4.78 is 11.9. The van der Waals surface area contributed by atoms with Gasteiger partial charge in [-0.2, -0.15) is 0 Å². The SMILES string of the molecule is CCc1ccc2oc3c(c(=O)c2c1)C(c1ccc(OC(C)C)cc1)N(c1nc(C)c(C)s1)C3=O. The van der Waals surface area contributed by atoms with Gasteiger partial charge >= 0.3 is 0 Å². The Kier molecular flexibility index (Phi) is 5.52. The predicted molar refractivity (Wildman–Crippen MR) is 134 cm³/mol. The molecule has 2 aromatic carbocycles. The van der Waals surface area contributed by atoms with E-state index in [1.165, 1.54) is 11.3 Å². The molecule has 7 heteroatoms. The average Bonchev–Trinajstić information content (AvgIpc) is 3.30. The molecule has 0 aliphatic carbocycles. The predicted octanol–water partition coefficient (Wildman–Crippen LogP) is 5.97. The van der Waals surface area contributed by atoms with Crippen LogP contribution in [-0.4, -0.2) is 17.0 Å². The number of rotatable bonds is 5. The molecular weight excluding hydrogens is 448 g/mol. The lowest BCUT2D eigenvalue weighted by atomic mass is 9.98. The number of amides is 1. The summed E-state index contributed by atoms with van der Waals surface area (Å²) >= 11 is 1.44. The highest BCUT2D eigenvalue weighted by Crippen LogP contribution is 2.43. The van der Waals surface area contributed by atoms with Crippen LogP contribution < -0.4 is 15.1 Å². The lowest BCUT2D eigenvalue weighted by molar-refractivity contribution is 0.0971. The van der Waals surface area contributed by atoms with Crippen LogP contribution in [0.3, 0.4) is 0 Å². The number of ether oxygens (including phenoxy) is 1. The molecule has 1 aliphatic rings. The molecule has 174 valence electrons. The van der Waals surface area contributed by atoms with Crippen LogP contribution in [0.15, 0.2) is 51.7 Å². The molecule has 1 amide bonds. The van der Waals surface area contributed by atoms with Crippen LogP contribution in [0.1, 0.15) is 64.6 Å². The van der Waals surface area contributed by atoms with Crippen molar-refractivity contribution in [1.82, 2.24) is 4.98 Å². The van der Waals surface area contributed by atoms with Crippen LogP contribution in [0.5, 0.6) is 5.75 Å². The summed E-state index contributed by atoms with van der Waals surface area (Å²) in [6.07, 6.45) is 0.846. The van der Waals surface area contributed by atoms with Gasteiger partial charge in [-0.15, -0.1) is 11.3 Å². The number of hydrogen-bond acceptors (Lipinski definition) is 6. The molecule has 1 atom stereocenters. The summed E-state index contributed by atoms with van der Waals surface area (Å²) in [5, 5.41) is 1.04. The minimum absolute atomic E-state index is 0.0450. The van der Waals surface area contributed by atoms with Crippen molar-refractivity contribution in [3.05, 3.63) is 85.7 Å². The molecule has 0 saturated heterocycles. The highest BCUT2D eigenvalue weighted by molar-refractivity contribution is 7.15. The first kappa shape index (κ1) is 22.3. The fraction of sp³-hybridized carbons (Fsp3) is 0.296. The number of fused-ring (bicyclic) bond motifs is 2. The van der Waals surface area contributed by atoms with E-state index in [0.717, 1.165) is 33.9 Å². The van der Waals surface area contributed by atoms with Gasteiger partial charge in [0.25, 0.3) is 5.91 Å².